The standard InChI is InChI=1S/C25H28N2/c1-3-5-7-8-10-13-22-17-19-23(20-18-22)26-21-25(14-6-4-2)27-24-15-11-9-12-16-24/h3,5,7-13,15-21H,4,6,14H2,1-2H3/b5-3+,8-7+,13-10-,26-21?,27-25?. The van der Waals surface area contributed by atoms with Gasteiger partial charge in [0.1, 0.15) is 0 Å². The summed E-state index contributed by atoms with van der Waals surface area (Å²) >= 11 is 0. The van der Waals surface area contributed by atoms with Crippen LogP contribution in [0.25, 0.3) is 6.08 Å². The van der Waals surface area contributed by atoms with Crippen LogP contribution in [0.5, 0.6) is 0 Å². The number of para-hydroxylation sites is 1. The number of hydrogen-bond donors (Lipinski definition) is 0. The lowest BCUT2D eigenvalue weighted by atomic mass is 10.1. The molecule has 2 aromatic carbocycles. The first-order chi connectivity index (χ1) is 13.3. The molecule has 0 aliphatic heterocycles. The Morgan fingerprint density at radius 2 is 1.59 bits per heavy atom. The summed E-state index contributed by atoms with van der Waals surface area (Å²) in [6, 6.07) is 18.3. The van der Waals surface area contributed by atoms with Crippen molar-refractivity contribution in [1.82, 2.24) is 0 Å². The summed E-state index contributed by atoms with van der Waals surface area (Å²) in [5.41, 5.74) is 4.08. The third-order valence-electron chi connectivity index (χ3n) is 3.89. The van der Waals surface area contributed by atoms with E-state index in [1.54, 1.807) is 0 Å². The van der Waals surface area contributed by atoms with Crippen LogP contribution in [0.15, 0.2) is 95.0 Å². The number of aliphatic imine (C=N–C) groups is 2. The van der Waals surface area contributed by atoms with E-state index in [1.165, 1.54) is 0 Å². The minimum absolute atomic E-state index is 0.939. The van der Waals surface area contributed by atoms with Crippen molar-refractivity contribution in [3.63, 3.8) is 0 Å². The molecule has 0 aliphatic rings. The topological polar surface area (TPSA) is 24.7 Å². The maximum absolute atomic E-state index is 4.74. The van der Waals surface area contributed by atoms with Gasteiger partial charge in [0.25, 0.3) is 0 Å². The monoisotopic (exact) mass is 356 g/mol. The maximum Gasteiger partial charge on any atom is 0.0633 e. The molecular formula is C25H28N2. The predicted octanol–water partition coefficient (Wildman–Crippen LogP) is 7.50. The zero-order chi connectivity index (χ0) is 19.2. The van der Waals surface area contributed by atoms with Crippen molar-refractivity contribution in [2.45, 2.75) is 33.1 Å². The summed E-state index contributed by atoms with van der Waals surface area (Å²) in [4.78, 5) is 9.35. The minimum atomic E-state index is 0.939. The van der Waals surface area contributed by atoms with Crippen LogP contribution >= 0.6 is 0 Å². The van der Waals surface area contributed by atoms with Crippen molar-refractivity contribution in [3.8, 4) is 0 Å². The van der Waals surface area contributed by atoms with Crippen LogP contribution in [0.4, 0.5) is 11.4 Å². The first-order valence-electron chi connectivity index (χ1n) is 9.54. The summed E-state index contributed by atoms with van der Waals surface area (Å²) in [7, 11) is 0. The molecule has 0 heterocycles. The molecule has 138 valence electrons. The van der Waals surface area contributed by atoms with Gasteiger partial charge in [0.15, 0.2) is 0 Å². The molecule has 2 nitrogen and oxygen atoms in total. The molecule has 0 aromatic heterocycles. The quantitative estimate of drug-likeness (QED) is 0.328. The Kier molecular flexibility index (Phi) is 9.31. The van der Waals surface area contributed by atoms with Crippen LogP contribution in [0, 0.1) is 0 Å². The van der Waals surface area contributed by atoms with Gasteiger partial charge in [0.2, 0.25) is 0 Å². The average molecular weight is 357 g/mol. The third kappa shape index (κ3) is 8.28. The highest BCUT2D eigenvalue weighted by Crippen LogP contribution is 2.15. The Labute approximate surface area is 163 Å². The molecule has 0 N–H and O–H groups in total. The van der Waals surface area contributed by atoms with E-state index < -0.39 is 0 Å². The fraction of sp³-hybridized carbons (Fsp3) is 0.200. The smallest absolute Gasteiger partial charge is 0.0633 e. The number of unbranched alkanes of at least 4 members (excludes halogenated alkanes) is 1. The van der Waals surface area contributed by atoms with Gasteiger partial charge in [0.05, 0.1) is 17.1 Å². The molecule has 0 saturated heterocycles. The number of benzene rings is 2. The third-order valence-corrected chi connectivity index (χ3v) is 3.89. The van der Waals surface area contributed by atoms with Gasteiger partial charge in [-0.25, -0.2) is 0 Å². The first-order valence-corrected chi connectivity index (χ1v) is 9.54. The van der Waals surface area contributed by atoms with E-state index in [-0.39, 0.29) is 0 Å². The Morgan fingerprint density at radius 3 is 2.30 bits per heavy atom. The van der Waals surface area contributed by atoms with E-state index in [9.17, 15) is 0 Å². The Morgan fingerprint density at radius 1 is 0.852 bits per heavy atom. The lowest BCUT2D eigenvalue weighted by Crippen LogP contribution is -1.99. The van der Waals surface area contributed by atoms with Crippen molar-refractivity contribution >= 4 is 29.4 Å². The first kappa shape index (κ1) is 20.3. The molecule has 0 amide bonds. The van der Waals surface area contributed by atoms with Crippen LogP contribution < -0.4 is 0 Å². The van der Waals surface area contributed by atoms with Crippen molar-refractivity contribution in [2.24, 2.45) is 9.98 Å². The highest BCUT2D eigenvalue weighted by atomic mass is 14.8. The van der Waals surface area contributed by atoms with Gasteiger partial charge in [-0.1, -0.05) is 80.1 Å². The second kappa shape index (κ2) is 12.4. The summed E-state index contributed by atoms with van der Waals surface area (Å²) in [5.74, 6) is 0. The Hall–Kier alpha value is -3.00. The fourth-order valence-corrected chi connectivity index (χ4v) is 2.40. The highest BCUT2D eigenvalue weighted by molar-refractivity contribution is 6.31. The van der Waals surface area contributed by atoms with E-state index in [1.807, 2.05) is 86.0 Å². The van der Waals surface area contributed by atoms with Gasteiger partial charge in [-0.15, -0.1) is 0 Å². The second-order valence-corrected chi connectivity index (χ2v) is 6.16. The Bertz CT molecular complexity index is 807. The molecule has 0 aliphatic carbocycles. The average Bonchev–Trinajstić information content (AvgIpc) is 2.71. The van der Waals surface area contributed by atoms with Crippen LogP contribution in [0.1, 0.15) is 38.7 Å². The molecule has 0 fully saturated rings. The van der Waals surface area contributed by atoms with Crippen molar-refractivity contribution in [2.75, 3.05) is 0 Å². The summed E-state index contributed by atoms with van der Waals surface area (Å²) in [6.45, 7) is 4.20. The molecule has 0 spiro atoms. The van der Waals surface area contributed by atoms with E-state index in [2.05, 4.69) is 30.1 Å². The fourth-order valence-electron chi connectivity index (χ4n) is 2.40. The molecule has 27 heavy (non-hydrogen) atoms. The largest absolute Gasteiger partial charge is 0.255 e. The molecule has 2 rings (SSSR count). The van der Waals surface area contributed by atoms with Crippen LogP contribution in [0.2, 0.25) is 0 Å². The number of rotatable bonds is 9. The molecule has 0 unspecified atom stereocenters. The Balaban J connectivity index is 2.05. The van der Waals surface area contributed by atoms with E-state index in [0.717, 1.165) is 41.9 Å². The van der Waals surface area contributed by atoms with Gasteiger partial charge in [-0.05, 0) is 49.6 Å². The molecule has 0 radical (unpaired) electrons. The van der Waals surface area contributed by atoms with E-state index in [4.69, 9.17) is 4.99 Å². The molecule has 2 aromatic rings. The molecule has 2 heteroatoms. The van der Waals surface area contributed by atoms with Gasteiger partial charge >= 0.3 is 0 Å². The van der Waals surface area contributed by atoms with Crippen LogP contribution in [0.3, 0.4) is 0 Å². The molecule has 0 bridgehead atoms. The molecular weight excluding hydrogens is 328 g/mol. The maximum atomic E-state index is 4.74. The summed E-state index contributed by atoms with van der Waals surface area (Å²) in [5, 5.41) is 0. The number of nitrogens with zero attached hydrogens (tertiary/aromatic N) is 2. The predicted molar refractivity (Wildman–Crippen MR) is 121 cm³/mol. The van der Waals surface area contributed by atoms with Crippen molar-refractivity contribution in [1.29, 1.82) is 0 Å². The van der Waals surface area contributed by atoms with Gasteiger partial charge in [0, 0.05) is 6.21 Å². The van der Waals surface area contributed by atoms with Crippen molar-refractivity contribution in [3.05, 3.63) is 90.5 Å². The van der Waals surface area contributed by atoms with Gasteiger partial charge < -0.3 is 0 Å². The van der Waals surface area contributed by atoms with Crippen LogP contribution in [-0.4, -0.2) is 11.9 Å². The zero-order valence-electron chi connectivity index (χ0n) is 16.3. The van der Waals surface area contributed by atoms with E-state index >= 15 is 0 Å². The van der Waals surface area contributed by atoms with E-state index in [0.29, 0.717) is 0 Å². The summed E-state index contributed by atoms with van der Waals surface area (Å²) < 4.78 is 0. The second-order valence-electron chi connectivity index (χ2n) is 6.16. The van der Waals surface area contributed by atoms with Crippen LogP contribution in [-0.2, 0) is 0 Å². The molecule has 0 atom stereocenters. The summed E-state index contributed by atoms with van der Waals surface area (Å²) in [6.07, 6.45) is 17.3. The molecule has 0 saturated carbocycles. The normalized spacial score (nSPS) is 12.9. The lowest BCUT2D eigenvalue weighted by Gasteiger charge is -2.01. The highest BCUT2D eigenvalue weighted by Gasteiger charge is 1.97. The lowest BCUT2D eigenvalue weighted by molar-refractivity contribution is 0.839. The van der Waals surface area contributed by atoms with Crippen molar-refractivity contribution < 1.29 is 0 Å². The zero-order valence-corrected chi connectivity index (χ0v) is 16.3. The van der Waals surface area contributed by atoms with Gasteiger partial charge in [-0.2, -0.15) is 0 Å². The minimum Gasteiger partial charge on any atom is -0.255 e. The number of allylic oxidation sites excluding steroid dienone is 5. The van der Waals surface area contributed by atoms with Gasteiger partial charge in [-0.3, -0.25) is 9.98 Å². The number of hydrogen-bond acceptors (Lipinski definition) is 2. The SMILES string of the molecule is C/C=C/C=C/C=C\c1ccc(N=CC(CCCC)=Nc2ccccc2)cc1.